The topological polar surface area (TPSA) is 112 Å². The van der Waals surface area contributed by atoms with Gasteiger partial charge in [-0.3, -0.25) is 9.59 Å². The van der Waals surface area contributed by atoms with Gasteiger partial charge < -0.3 is 33.7 Å². The molecule has 1 saturated heterocycles. The zero-order valence-corrected chi connectivity index (χ0v) is 20.6. The predicted molar refractivity (Wildman–Crippen MR) is 132 cm³/mol. The van der Waals surface area contributed by atoms with Crippen molar-refractivity contribution in [2.45, 2.75) is 31.9 Å². The van der Waals surface area contributed by atoms with Gasteiger partial charge in [-0.25, -0.2) is 0 Å². The molecule has 1 aromatic heterocycles. The van der Waals surface area contributed by atoms with Crippen molar-refractivity contribution in [1.82, 2.24) is 15.4 Å². The lowest BCUT2D eigenvalue weighted by atomic mass is 10.1. The lowest BCUT2D eigenvalue weighted by Gasteiger charge is -2.24. The maximum absolute atomic E-state index is 13.3. The van der Waals surface area contributed by atoms with E-state index < -0.39 is 0 Å². The highest BCUT2D eigenvalue weighted by Crippen LogP contribution is 2.32. The molecule has 0 spiro atoms. The van der Waals surface area contributed by atoms with Crippen molar-refractivity contribution >= 4 is 11.8 Å². The molecule has 10 heteroatoms. The quantitative estimate of drug-likeness (QED) is 0.444. The summed E-state index contributed by atoms with van der Waals surface area (Å²) >= 11 is 0. The average Bonchev–Trinajstić information content (AvgIpc) is 3.71. The molecule has 5 rings (SSSR count). The Kier molecular flexibility index (Phi) is 7.55. The molecule has 2 aliphatic rings. The molecule has 3 aromatic rings. The number of nitrogens with one attached hydrogen (secondary N) is 1. The minimum atomic E-state index is -0.303. The van der Waals surface area contributed by atoms with Crippen molar-refractivity contribution in [1.29, 1.82) is 0 Å². The fraction of sp³-hybridized carbons (Fsp3) is 0.370. The Bertz CT molecular complexity index is 1240. The van der Waals surface area contributed by atoms with Gasteiger partial charge in [-0.15, -0.1) is 0 Å². The number of hydrogen-bond acceptors (Lipinski definition) is 8. The molecule has 1 unspecified atom stereocenters. The number of carbonyl (C=O) groups excluding carboxylic acids is 2. The second-order valence-corrected chi connectivity index (χ2v) is 8.91. The normalized spacial score (nSPS) is 16.0. The summed E-state index contributed by atoms with van der Waals surface area (Å²) in [5.74, 6) is 2.09. The Labute approximate surface area is 214 Å². The fourth-order valence-electron chi connectivity index (χ4n) is 4.32. The summed E-state index contributed by atoms with van der Waals surface area (Å²) in [6.45, 7) is 1.85. The van der Waals surface area contributed by atoms with Crippen molar-refractivity contribution in [2.24, 2.45) is 0 Å². The van der Waals surface area contributed by atoms with E-state index in [1.165, 1.54) is 0 Å². The molecule has 10 nitrogen and oxygen atoms in total. The number of fused-ring (bicyclic) bond motifs is 1. The Morgan fingerprint density at radius 3 is 2.73 bits per heavy atom. The molecule has 194 valence electrons. The third-order valence-electron chi connectivity index (χ3n) is 6.37. The van der Waals surface area contributed by atoms with E-state index in [-0.39, 0.29) is 43.4 Å². The van der Waals surface area contributed by atoms with E-state index in [0.29, 0.717) is 37.0 Å². The van der Waals surface area contributed by atoms with Gasteiger partial charge in [-0.05, 0) is 54.8 Å². The van der Waals surface area contributed by atoms with Crippen LogP contribution in [0.2, 0.25) is 0 Å². The highest BCUT2D eigenvalue weighted by molar-refractivity contribution is 5.93. The van der Waals surface area contributed by atoms with E-state index in [4.69, 9.17) is 23.5 Å². The number of ether oxygens (including phenoxy) is 4. The summed E-state index contributed by atoms with van der Waals surface area (Å²) < 4.78 is 27.1. The minimum Gasteiger partial charge on any atom is -0.497 e. The van der Waals surface area contributed by atoms with Gasteiger partial charge in [0.1, 0.15) is 5.75 Å². The number of nitrogens with zero attached hydrogens (tertiary/aromatic N) is 2. The van der Waals surface area contributed by atoms with E-state index in [0.717, 1.165) is 29.7 Å². The third kappa shape index (κ3) is 6.03. The maximum Gasteiger partial charge on any atom is 0.276 e. The van der Waals surface area contributed by atoms with Gasteiger partial charge >= 0.3 is 0 Å². The van der Waals surface area contributed by atoms with E-state index in [1.54, 1.807) is 18.1 Å². The first-order valence-corrected chi connectivity index (χ1v) is 12.3. The predicted octanol–water partition coefficient (Wildman–Crippen LogP) is 3.41. The molecule has 0 radical (unpaired) electrons. The van der Waals surface area contributed by atoms with E-state index in [2.05, 4.69) is 10.5 Å². The number of amides is 2. The van der Waals surface area contributed by atoms with Crippen LogP contribution in [0.25, 0.3) is 11.3 Å². The zero-order chi connectivity index (χ0) is 25.6. The molecule has 2 amide bonds. The van der Waals surface area contributed by atoms with E-state index >= 15 is 0 Å². The first-order valence-electron chi connectivity index (χ1n) is 12.3. The van der Waals surface area contributed by atoms with E-state index in [1.807, 2.05) is 42.5 Å². The second-order valence-electron chi connectivity index (χ2n) is 8.91. The molecule has 2 aliphatic heterocycles. The van der Waals surface area contributed by atoms with Gasteiger partial charge in [0, 0.05) is 44.3 Å². The largest absolute Gasteiger partial charge is 0.497 e. The number of benzene rings is 2. The Morgan fingerprint density at radius 1 is 1.11 bits per heavy atom. The minimum absolute atomic E-state index is 0.0615. The van der Waals surface area contributed by atoms with Gasteiger partial charge in [0.25, 0.3) is 5.91 Å². The SMILES string of the molecule is COc1ccc(-c2cc(C(=O)N(CCC(=O)NCc3ccc4c(c3)OCO4)CC3CCCO3)no2)cc1. The van der Waals surface area contributed by atoms with E-state index in [9.17, 15) is 9.59 Å². The summed E-state index contributed by atoms with van der Waals surface area (Å²) in [5.41, 5.74) is 1.86. The molecular weight excluding hydrogens is 478 g/mol. The Hall–Kier alpha value is -4.05. The Morgan fingerprint density at radius 2 is 1.95 bits per heavy atom. The van der Waals surface area contributed by atoms with Crippen LogP contribution < -0.4 is 19.5 Å². The number of rotatable bonds is 10. The number of carbonyl (C=O) groups is 2. The lowest BCUT2D eigenvalue weighted by molar-refractivity contribution is -0.121. The summed E-state index contributed by atoms with van der Waals surface area (Å²) in [6, 6.07) is 14.5. The van der Waals surface area contributed by atoms with Gasteiger partial charge in [0.05, 0.1) is 13.2 Å². The van der Waals surface area contributed by atoms with Crippen LogP contribution in [-0.4, -0.2) is 61.6 Å². The Balaban J connectivity index is 1.20. The molecule has 0 bridgehead atoms. The van der Waals surface area contributed by atoms with Crippen molar-refractivity contribution in [3.05, 3.63) is 59.8 Å². The number of methoxy groups -OCH3 is 1. The molecule has 1 atom stereocenters. The molecular formula is C27H29N3O7. The van der Waals surface area contributed by atoms with Crippen LogP contribution in [0.4, 0.5) is 0 Å². The standard InChI is InChI=1S/C27H29N3O7/c1-33-20-7-5-19(6-8-20)24-14-22(29-37-24)27(32)30(16-21-3-2-12-34-21)11-10-26(31)28-15-18-4-9-23-25(13-18)36-17-35-23/h4-9,13-14,21H,2-3,10-12,15-17H2,1H3,(H,28,31). The molecule has 1 N–H and O–H groups in total. The van der Waals surface area contributed by atoms with Gasteiger partial charge in [-0.1, -0.05) is 11.2 Å². The van der Waals surface area contributed by atoms with Crippen LogP contribution in [-0.2, 0) is 16.1 Å². The maximum atomic E-state index is 13.3. The molecule has 37 heavy (non-hydrogen) atoms. The molecule has 3 heterocycles. The van der Waals surface area contributed by atoms with Crippen molar-refractivity contribution in [3.8, 4) is 28.6 Å². The van der Waals surface area contributed by atoms with Crippen molar-refractivity contribution in [3.63, 3.8) is 0 Å². The van der Waals surface area contributed by atoms with Crippen molar-refractivity contribution < 1.29 is 33.1 Å². The number of aromatic nitrogens is 1. The summed E-state index contributed by atoms with van der Waals surface area (Å²) in [7, 11) is 1.60. The van der Waals surface area contributed by atoms with Crippen molar-refractivity contribution in [2.75, 3.05) is 33.6 Å². The fourth-order valence-corrected chi connectivity index (χ4v) is 4.32. The van der Waals surface area contributed by atoms with Gasteiger partial charge in [-0.2, -0.15) is 0 Å². The first kappa shape index (κ1) is 24.6. The van der Waals surface area contributed by atoms with Crippen LogP contribution in [0, 0.1) is 0 Å². The highest BCUT2D eigenvalue weighted by atomic mass is 16.7. The smallest absolute Gasteiger partial charge is 0.276 e. The first-order chi connectivity index (χ1) is 18.1. The highest BCUT2D eigenvalue weighted by Gasteiger charge is 2.26. The van der Waals surface area contributed by atoms with Gasteiger partial charge in [0.2, 0.25) is 12.7 Å². The third-order valence-corrected chi connectivity index (χ3v) is 6.37. The second kappa shape index (κ2) is 11.3. The van der Waals surface area contributed by atoms with Crippen LogP contribution in [0.1, 0.15) is 35.3 Å². The molecule has 0 saturated carbocycles. The summed E-state index contributed by atoms with van der Waals surface area (Å²) in [4.78, 5) is 27.6. The summed E-state index contributed by atoms with van der Waals surface area (Å²) in [6.07, 6.45) is 1.91. The number of hydrogen-bond donors (Lipinski definition) is 1. The zero-order valence-electron chi connectivity index (χ0n) is 20.6. The molecule has 0 aliphatic carbocycles. The molecule has 2 aromatic carbocycles. The average molecular weight is 508 g/mol. The van der Waals surface area contributed by atoms with Crippen LogP contribution in [0.5, 0.6) is 17.2 Å². The van der Waals surface area contributed by atoms with Crippen LogP contribution in [0.15, 0.2) is 53.1 Å². The van der Waals surface area contributed by atoms with Crippen LogP contribution in [0.3, 0.4) is 0 Å². The monoisotopic (exact) mass is 507 g/mol. The molecule has 1 fully saturated rings. The van der Waals surface area contributed by atoms with Gasteiger partial charge in [0.15, 0.2) is 23.0 Å². The van der Waals surface area contributed by atoms with Crippen LogP contribution >= 0.6 is 0 Å². The summed E-state index contributed by atoms with van der Waals surface area (Å²) in [5, 5.41) is 6.91. The lowest BCUT2D eigenvalue weighted by Crippen LogP contribution is -2.40.